The molecule has 0 saturated heterocycles. The molecule has 0 amide bonds. The molecule has 0 aromatic heterocycles. The van der Waals surface area contributed by atoms with Gasteiger partial charge in [-0.25, -0.2) is 0 Å². The second-order valence-corrected chi connectivity index (χ2v) is 18.6. The molecule has 13 aromatic rings. The Kier molecular flexibility index (Phi) is 9.60. The maximum absolute atomic E-state index is 6.54. The predicted molar refractivity (Wildman–Crippen MR) is 300 cm³/mol. The quantitative estimate of drug-likeness (QED) is 0.138. The minimum atomic E-state index is 0.792. The van der Waals surface area contributed by atoms with E-state index in [2.05, 4.69) is 267 Å². The van der Waals surface area contributed by atoms with Crippen LogP contribution in [0.25, 0.3) is 132 Å². The molecule has 1 aliphatic rings. The topological polar surface area (TPSA) is 9.23 Å². The van der Waals surface area contributed by atoms with E-state index in [0.717, 1.165) is 33.8 Å². The van der Waals surface area contributed by atoms with Gasteiger partial charge in [-0.1, -0.05) is 231 Å². The van der Waals surface area contributed by atoms with Gasteiger partial charge in [0.1, 0.15) is 11.5 Å². The van der Waals surface area contributed by atoms with Crippen LogP contribution in [0.1, 0.15) is 0 Å². The van der Waals surface area contributed by atoms with Crippen LogP contribution < -0.4 is 4.74 Å². The number of fused-ring (bicyclic) bond motifs is 6. The van der Waals surface area contributed by atoms with Crippen LogP contribution in [0, 0.1) is 0 Å². The summed E-state index contributed by atoms with van der Waals surface area (Å²) in [7, 11) is 0. The molecule has 0 fully saturated rings. The van der Waals surface area contributed by atoms with Crippen molar-refractivity contribution in [3.8, 4) is 101 Å². The van der Waals surface area contributed by atoms with Crippen molar-refractivity contribution in [3.63, 3.8) is 0 Å². The SMILES string of the molecule is c1ccc(-c2c3c(c(-c4ccccc4)c4cc(-c5ccc(Oc6ccc(-c7ccc8c(-c9ccccc9)c9ccccc9c(-c9ccccc9)c8c7)cc6)cc5)ccc24)-c2cccc4cccc-3c24)cc1. The molecule has 0 bridgehead atoms. The summed E-state index contributed by atoms with van der Waals surface area (Å²) >= 11 is 0. The molecule has 0 saturated carbocycles. The van der Waals surface area contributed by atoms with Gasteiger partial charge in [0.2, 0.25) is 0 Å². The van der Waals surface area contributed by atoms with Crippen LogP contribution in [0.2, 0.25) is 0 Å². The summed E-state index contributed by atoms with van der Waals surface area (Å²) < 4.78 is 6.54. The second kappa shape index (κ2) is 16.7. The third kappa shape index (κ3) is 6.78. The minimum absolute atomic E-state index is 0.792. The smallest absolute Gasteiger partial charge is 0.127 e. The molecule has 13 aromatic carbocycles. The fraction of sp³-hybridized carbons (Fsp3) is 0. The van der Waals surface area contributed by atoms with E-state index in [1.165, 1.54) is 110 Å². The maximum atomic E-state index is 6.54. The molecule has 0 N–H and O–H groups in total. The number of hydrogen-bond acceptors (Lipinski definition) is 1. The zero-order chi connectivity index (χ0) is 46.8. The molecule has 0 atom stereocenters. The summed E-state index contributed by atoms with van der Waals surface area (Å²) in [5, 5.41) is 10.1. The van der Waals surface area contributed by atoms with Gasteiger partial charge < -0.3 is 4.74 Å². The summed E-state index contributed by atoms with van der Waals surface area (Å²) in [6, 6.07) is 96.9. The lowest BCUT2D eigenvalue weighted by Crippen LogP contribution is -1.94. The molecule has 0 aliphatic heterocycles. The molecule has 71 heavy (non-hydrogen) atoms. The van der Waals surface area contributed by atoms with Gasteiger partial charge in [0.15, 0.2) is 0 Å². The molecule has 1 aliphatic carbocycles. The van der Waals surface area contributed by atoms with Crippen LogP contribution in [0.5, 0.6) is 11.5 Å². The van der Waals surface area contributed by atoms with E-state index >= 15 is 0 Å². The van der Waals surface area contributed by atoms with Crippen molar-refractivity contribution < 1.29 is 4.74 Å². The summed E-state index contributed by atoms with van der Waals surface area (Å²) in [5.74, 6) is 1.59. The first-order valence-electron chi connectivity index (χ1n) is 24.5. The zero-order valence-corrected chi connectivity index (χ0v) is 38.8. The number of benzene rings is 13. The Hall–Kier alpha value is -9.30. The molecule has 1 nitrogen and oxygen atoms in total. The van der Waals surface area contributed by atoms with Crippen LogP contribution in [0.15, 0.2) is 267 Å². The summed E-state index contributed by atoms with van der Waals surface area (Å²) in [6.45, 7) is 0. The molecule has 1 heteroatoms. The van der Waals surface area contributed by atoms with Gasteiger partial charge in [0.05, 0.1) is 0 Å². The Morgan fingerprint density at radius 3 is 0.986 bits per heavy atom. The molecule has 0 heterocycles. The van der Waals surface area contributed by atoms with Crippen molar-refractivity contribution in [2.24, 2.45) is 0 Å². The Bertz CT molecular complexity index is 4170. The summed E-state index contributed by atoms with van der Waals surface area (Å²) in [6.07, 6.45) is 0. The van der Waals surface area contributed by atoms with Crippen LogP contribution in [-0.4, -0.2) is 0 Å². The van der Waals surface area contributed by atoms with E-state index in [1.54, 1.807) is 0 Å². The van der Waals surface area contributed by atoms with E-state index in [1.807, 2.05) is 0 Å². The first-order valence-corrected chi connectivity index (χ1v) is 24.5. The molecular weight excluding hydrogens is 857 g/mol. The van der Waals surface area contributed by atoms with Gasteiger partial charge in [-0.3, -0.25) is 0 Å². The van der Waals surface area contributed by atoms with E-state index in [9.17, 15) is 0 Å². The van der Waals surface area contributed by atoms with Crippen LogP contribution in [0.4, 0.5) is 0 Å². The minimum Gasteiger partial charge on any atom is -0.457 e. The largest absolute Gasteiger partial charge is 0.457 e. The van der Waals surface area contributed by atoms with Crippen molar-refractivity contribution in [2.75, 3.05) is 0 Å². The van der Waals surface area contributed by atoms with Crippen molar-refractivity contribution in [1.82, 2.24) is 0 Å². The third-order valence-electron chi connectivity index (χ3n) is 14.6. The van der Waals surface area contributed by atoms with Crippen LogP contribution >= 0.6 is 0 Å². The normalized spacial score (nSPS) is 11.7. The molecular formula is C70H44O. The number of ether oxygens (including phenoxy) is 1. The van der Waals surface area contributed by atoms with E-state index < -0.39 is 0 Å². The highest BCUT2D eigenvalue weighted by Gasteiger charge is 2.30. The van der Waals surface area contributed by atoms with E-state index in [0.29, 0.717) is 0 Å². The molecule has 0 spiro atoms. The van der Waals surface area contributed by atoms with Crippen LogP contribution in [-0.2, 0) is 0 Å². The third-order valence-corrected chi connectivity index (χ3v) is 14.6. The predicted octanol–water partition coefficient (Wildman–Crippen LogP) is 19.7. The average molecular weight is 901 g/mol. The Balaban J connectivity index is 0.822. The number of rotatable bonds is 8. The highest BCUT2D eigenvalue weighted by molar-refractivity contribution is 6.28. The van der Waals surface area contributed by atoms with Gasteiger partial charge in [-0.05, 0) is 169 Å². The Labute approximate surface area is 413 Å². The molecule has 330 valence electrons. The maximum Gasteiger partial charge on any atom is 0.127 e. The Morgan fingerprint density at radius 2 is 0.535 bits per heavy atom. The van der Waals surface area contributed by atoms with Gasteiger partial charge in [0.25, 0.3) is 0 Å². The standard InChI is InChI=1S/C70H44O/c1-5-17-47(18-6-1)64-56-27-13-14-28-57(56)65(48-19-7-2-8-20-48)62-43-52(35-41-58(62)64)45-31-37-54(38-32-45)71-55-39-33-46(34-40-55)53-36-42-59-63(44-53)68(51-23-11-4-12-24-51)70-61-30-16-26-49-25-15-29-60(66(49)61)69(70)67(59)50-21-9-3-10-22-50/h1-44H. The molecule has 0 radical (unpaired) electrons. The van der Waals surface area contributed by atoms with Crippen LogP contribution in [0.3, 0.4) is 0 Å². The van der Waals surface area contributed by atoms with Gasteiger partial charge in [0, 0.05) is 0 Å². The molecule has 14 rings (SSSR count). The highest BCUT2D eigenvalue weighted by atomic mass is 16.5. The van der Waals surface area contributed by atoms with E-state index in [4.69, 9.17) is 4.74 Å². The van der Waals surface area contributed by atoms with Gasteiger partial charge >= 0.3 is 0 Å². The van der Waals surface area contributed by atoms with Crippen molar-refractivity contribution in [1.29, 1.82) is 0 Å². The zero-order valence-electron chi connectivity index (χ0n) is 38.8. The Morgan fingerprint density at radius 1 is 0.197 bits per heavy atom. The average Bonchev–Trinajstić information content (AvgIpc) is 3.77. The first-order chi connectivity index (χ1) is 35.2. The van der Waals surface area contributed by atoms with Crippen molar-refractivity contribution in [3.05, 3.63) is 267 Å². The lowest BCUT2D eigenvalue weighted by Gasteiger charge is -2.21. The first kappa shape index (κ1) is 40.7. The number of hydrogen-bond donors (Lipinski definition) is 0. The van der Waals surface area contributed by atoms with Gasteiger partial charge in [-0.15, -0.1) is 0 Å². The lowest BCUT2D eigenvalue weighted by molar-refractivity contribution is 0.483. The fourth-order valence-electron chi connectivity index (χ4n) is 11.5. The summed E-state index contributed by atoms with van der Waals surface area (Å²) in [5.41, 5.74) is 19.8. The van der Waals surface area contributed by atoms with E-state index in [-0.39, 0.29) is 0 Å². The lowest BCUT2D eigenvalue weighted by atomic mass is 9.82. The van der Waals surface area contributed by atoms with Crippen molar-refractivity contribution in [2.45, 2.75) is 0 Å². The second-order valence-electron chi connectivity index (χ2n) is 18.6. The summed E-state index contributed by atoms with van der Waals surface area (Å²) in [4.78, 5) is 0. The van der Waals surface area contributed by atoms with Gasteiger partial charge in [-0.2, -0.15) is 0 Å². The monoisotopic (exact) mass is 900 g/mol. The fourth-order valence-corrected chi connectivity index (χ4v) is 11.5. The highest BCUT2D eigenvalue weighted by Crippen LogP contribution is 2.58. The van der Waals surface area contributed by atoms with Crippen molar-refractivity contribution >= 4 is 43.1 Å². The molecule has 0 unspecified atom stereocenters.